The van der Waals surface area contributed by atoms with Crippen LogP contribution in [0.3, 0.4) is 0 Å². The van der Waals surface area contributed by atoms with Crippen LogP contribution in [0.15, 0.2) is 224 Å². The molecule has 0 N–H and O–H groups in total. The second kappa shape index (κ2) is 14.8. The van der Waals surface area contributed by atoms with Gasteiger partial charge >= 0.3 is 0 Å². The van der Waals surface area contributed by atoms with Crippen molar-refractivity contribution < 1.29 is 0 Å². The zero-order valence-corrected chi connectivity index (χ0v) is 33.0. The van der Waals surface area contributed by atoms with Crippen molar-refractivity contribution in [2.45, 2.75) is 31.6 Å². The van der Waals surface area contributed by atoms with Crippen LogP contribution in [0, 0.1) is 0 Å². The zero-order valence-electron chi connectivity index (χ0n) is 33.0. The Bertz CT molecular complexity index is 2810. The first kappa shape index (κ1) is 35.5. The maximum atomic E-state index is 2.42. The third-order valence-corrected chi connectivity index (χ3v) is 12.2. The van der Waals surface area contributed by atoms with Gasteiger partial charge in [-0.15, -0.1) is 0 Å². The molecule has 0 saturated heterocycles. The van der Waals surface area contributed by atoms with E-state index in [1.54, 1.807) is 0 Å². The summed E-state index contributed by atoms with van der Waals surface area (Å²) >= 11 is 0. The van der Waals surface area contributed by atoms with E-state index >= 15 is 0 Å². The molecule has 1 heteroatoms. The fraction of sp³-hybridized carbons (Fsp3) is 0.0877. The summed E-state index contributed by atoms with van der Waals surface area (Å²) in [6.07, 6.45) is 8.02. The van der Waals surface area contributed by atoms with Gasteiger partial charge in [-0.25, -0.2) is 0 Å². The van der Waals surface area contributed by atoms with Gasteiger partial charge in [0.05, 0.1) is 0 Å². The third kappa shape index (κ3) is 6.49. The van der Waals surface area contributed by atoms with Crippen molar-refractivity contribution in [1.29, 1.82) is 0 Å². The lowest BCUT2D eigenvalue weighted by Crippen LogP contribution is -2.17. The molecule has 0 radical (unpaired) electrons. The van der Waals surface area contributed by atoms with Crippen LogP contribution in [0.2, 0.25) is 0 Å². The highest BCUT2D eigenvalue weighted by Crippen LogP contribution is 2.50. The summed E-state index contributed by atoms with van der Waals surface area (Å²) in [7, 11) is 0. The van der Waals surface area contributed by atoms with Crippen molar-refractivity contribution in [2.75, 3.05) is 4.90 Å². The molecule has 8 aromatic rings. The lowest BCUT2D eigenvalue weighted by molar-refractivity contribution is 0.660. The van der Waals surface area contributed by atoms with Crippen molar-refractivity contribution in [3.8, 4) is 55.6 Å². The lowest BCUT2D eigenvalue weighted by Gasteiger charge is -2.30. The molecule has 0 aromatic heterocycles. The highest BCUT2D eigenvalue weighted by atomic mass is 15.1. The Morgan fingerprint density at radius 2 is 0.983 bits per heavy atom. The summed E-state index contributed by atoms with van der Waals surface area (Å²) in [5, 5.41) is 0. The van der Waals surface area contributed by atoms with E-state index < -0.39 is 0 Å². The minimum atomic E-state index is -0.0466. The monoisotopic (exact) mass is 743 g/mol. The van der Waals surface area contributed by atoms with Gasteiger partial charge in [0.1, 0.15) is 0 Å². The number of nitrogens with zero attached hydrogens (tertiary/aromatic N) is 1. The van der Waals surface area contributed by atoms with Crippen LogP contribution in [0.1, 0.15) is 42.9 Å². The van der Waals surface area contributed by atoms with Crippen LogP contribution >= 0.6 is 0 Å². The fourth-order valence-corrected chi connectivity index (χ4v) is 9.13. The molecule has 58 heavy (non-hydrogen) atoms. The predicted octanol–water partition coefficient (Wildman–Crippen LogP) is 15.4. The molecule has 0 saturated carbocycles. The van der Waals surface area contributed by atoms with Crippen LogP contribution < -0.4 is 4.90 Å². The Hall–Kier alpha value is -6.96. The van der Waals surface area contributed by atoms with Gasteiger partial charge in [0.15, 0.2) is 0 Å². The third-order valence-electron chi connectivity index (χ3n) is 12.2. The molecule has 0 bridgehead atoms. The molecule has 0 heterocycles. The van der Waals surface area contributed by atoms with Gasteiger partial charge in [-0.1, -0.05) is 190 Å². The normalized spacial score (nSPS) is 15.0. The van der Waals surface area contributed by atoms with E-state index in [1.165, 1.54) is 78.0 Å². The SMILES string of the molecule is CC1(C)c2ccccc2-c2ccc(-c3cccc(-c4ccc(N(C5=CCC(c6ccccc6)C=C5)c5ccc(-c6ccccc6)cc5)cc4-c4ccccc4)c3)cc21. The van der Waals surface area contributed by atoms with Gasteiger partial charge < -0.3 is 4.90 Å². The molecule has 0 fully saturated rings. The number of hydrogen-bond donors (Lipinski definition) is 0. The minimum Gasteiger partial charge on any atom is -0.311 e. The topological polar surface area (TPSA) is 3.24 Å². The molecule has 8 aromatic carbocycles. The molecule has 1 nitrogen and oxygen atoms in total. The van der Waals surface area contributed by atoms with Gasteiger partial charge in [0.2, 0.25) is 0 Å². The molecule has 1 atom stereocenters. The van der Waals surface area contributed by atoms with Gasteiger partial charge in [-0.2, -0.15) is 0 Å². The molecular weight excluding hydrogens is 699 g/mol. The van der Waals surface area contributed by atoms with Crippen LogP contribution in [0.4, 0.5) is 11.4 Å². The number of hydrogen-bond acceptors (Lipinski definition) is 1. The Kier molecular flexibility index (Phi) is 9.07. The van der Waals surface area contributed by atoms with E-state index in [9.17, 15) is 0 Å². The Labute approximate surface area is 342 Å². The fourth-order valence-electron chi connectivity index (χ4n) is 9.13. The first-order valence-corrected chi connectivity index (χ1v) is 20.4. The quantitative estimate of drug-likeness (QED) is 0.150. The molecule has 0 amide bonds. The predicted molar refractivity (Wildman–Crippen MR) is 245 cm³/mol. The molecule has 1 unspecified atom stereocenters. The molecule has 0 spiro atoms. The Morgan fingerprint density at radius 1 is 0.414 bits per heavy atom. The molecule has 0 aliphatic heterocycles. The first-order valence-electron chi connectivity index (χ1n) is 20.4. The van der Waals surface area contributed by atoms with E-state index in [0.29, 0.717) is 5.92 Å². The summed E-state index contributed by atoms with van der Waals surface area (Å²) in [5.41, 5.74) is 19.9. The van der Waals surface area contributed by atoms with Gasteiger partial charge in [0, 0.05) is 28.4 Å². The molecule has 2 aliphatic carbocycles. The van der Waals surface area contributed by atoms with Crippen molar-refractivity contribution in [3.05, 3.63) is 241 Å². The number of anilines is 2. The zero-order chi connectivity index (χ0) is 39.1. The Balaban J connectivity index is 1.06. The number of benzene rings is 8. The second-order valence-corrected chi connectivity index (χ2v) is 16.1. The molecule has 2 aliphatic rings. The van der Waals surface area contributed by atoms with Crippen LogP contribution in [-0.2, 0) is 5.41 Å². The van der Waals surface area contributed by atoms with E-state index in [2.05, 4.69) is 237 Å². The molecular formula is C57H45N. The van der Waals surface area contributed by atoms with E-state index in [0.717, 1.165) is 17.8 Å². The summed E-state index contributed by atoms with van der Waals surface area (Å²) in [4.78, 5) is 2.42. The highest BCUT2D eigenvalue weighted by molar-refractivity contribution is 5.90. The average Bonchev–Trinajstić information content (AvgIpc) is 3.53. The van der Waals surface area contributed by atoms with Gasteiger partial charge in [-0.3, -0.25) is 0 Å². The maximum Gasteiger partial charge on any atom is 0.0468 e. The van der Waals surface area contributed by atoms with Crippen molar-refractivity contribution >= 4 is 11.4 Å². The number of rotatable bonds is 8. The van der Waals surface area contributed by atoms with Crippen LogP contribution in [0.5, 0.6) is 0 Å². The van der Waals surface area contributed by atoms with E-state index in [4.69, 9.17) is 0 Å². The van der Waals surface area contributed by atoms with Crippen LogP contribution in [-0.4, -0.2) is 0 Å². The number of allylic oxidation sites excluding steroid dienone is 3. The summed E-state index contributed by atoms with van der Waals surface area (Å²) in [6, 6.07) is 73.3. The average molecular weight is 744 g/mol. The molecule has 10 rings (SSSR count). The highest BCUT2D eigenvalue weighted by Gasteiger charge is 2.35. The first-order chi connectivity index (χ1) is 28.5. The van der Waals surface area contributed by atoms with Crippen LogP contribution in [0.25, 0.3) is 55.6 Å². The smallest absolute Gasteiger partial charge is 0.0468 e. The van der Waals surface area contributed by atoms with E-state index in [-0.39, 0.29) is 5.41 Å². The van der Waals surface area contributed by atoms with Crippen molar-refractivity contribution in [1.82, 2.24) is 0 Å². The van der Waals surface area contributed by atoms with Gasteiger partial charge in [0.25, 0.3) is 0 Å². The van der Waals surface area contributed by atoms with Crippen molar-refractivity contribution in [2.24, 2.45) is 0 Å². The maximum absolute atomic E-state index is 2.42. The minimum absolute atomic E-state index is 0.0466. The number of fused-ring (bicyclic) bond motifs is 3. The summed E-state index contributed by atoms with van der Waals surface area (Å²) < 4.78 is 0. The second-order valence-electron chi connectivity index (χ2n) is 16.1. The lowest BCUT2D eigenvalue weighted by atomic mass is 9.81. The van der Waals surface area contributed by atoms with Gasteiger partial charge in [-0.05, 0) is 121 Å². The summed E-state index contributed by atoms with van der Waals surface area (Å²) in [5.74, 6) is 0.355. The molecule has 278 valence electrons. The standard InChI is InChI=1S/C57H45N/c1-57(2)55-24-13-12-23-52(55)53-35-29-46(38-56(53)57)45-21-14-22-47(37-45)51-36-34-50(39-54(51)44-19-10-5-11-20-44)58(48-30-25-42(26-31-48)40-15-6-3-7-16-40)49-32-27-43(28-33-49)41-17-8-4-9-18-41/h3-27,29-39,43H,28H2,1-2H3. The largest absolute Gasteiger partial charge is 0.311 e. The summed E-state index contributed by atoms with van der Waals surface area (Å²) in [6.45, 7) is 4.71. The van der Waals surface area contributed by atoms with E-state index in [1.807, 2.05) is 0 Å². The Morgan fingerprint density at radius 3 is 1.72 bits per heavy atom. The van der Waals surface area contributed by atoms with Crippen molar-refractivity contribution in [3.63, 3.8) is 0 Å².